The van der Waals surface area contributed by atoms with Gasteiger partial charge in [-0.15, -0.1) is 0 Å². The summed E-state index contributed by atoms with van der Waals surface area (Å²) in [7, 11) is -5.46. The quantitative estimate of drug-likeness (QED) is 0.101. The van der Waals surface area contributed by atoms with E-state index < -0.39 is 16.1 Å². The topological polar surface area (TPSA) is 9.86 Å². The molecule has 0 saturated carbocycles. The van der Waals surface area contributed by atoms with Crippen LogP contribution >= 0.6 is 0 Å². The van der Waals surface area contributed by atoms with E-state index in [0.29, 0.717) is 0 Å². The first-order chi connectivity index (χ1) is 37.7. The van der Waals surface area contributed by atoms with Crippen molar-refractivity contribution in [2.45, 2.75) is 0 Å². The number of hydrogen-bond donors (Lipinski definition) is 0. The molecule has 1 aliphatic rings. The molecule has 356 valence electrons. The molecule has 0 spiro atoms. The van der Waals surface area contributed by atoms with Gasteiger partial charge in [-0.2, -0.15) is 0 Å². The van der Waals surface area contributed by atoms with Gasteiger partial charge in [-0.05, 0) is 101 Å². The van der Waals surface area contributed by atoms with Crippen molar-refractivity contribution in [3.8, 4) is 33.6 Å². The number of para-hydroxylation sites is 3. The Labute approximate surface area is 444 Å². The molecule has 4 heteroatoms. The fourth-order valence-corrected chi connectivity index (χ4v) is 23.5. The van der Waals surface area contributed by atoms with E-state index in [9.17, 15) is 0 Å². The molecular weight excluding hydrogens is 949 g/mol. The summed E-state index contributed by atoms with van der Waals surface area (Å²) in [4.78, 5) is 0. The zero-order chi connectivity index (χ0) is 50.2. The molecule has 0 amide bonds. The minimum absolute atomic E-state index is 1.15. The fourth-order valence-electron chi connectivity index (χ4n) is 13.5. The number of aromatic nitrogens is 2. The van der Waals surface area contributed by atoms with Gasteiger partial charge in [-0.25, -0.2) is 0 Å². The van der Waals surface area contributed by atoms with Crippen molar-refractivity contribution in [1.82, 2.24) is 9.13 Å². The second-order valence-electron chi connectivity index (χ2n) is 20.3. The van der Waals surface area contributed by atoms with Crippen molar-refractivity contribution in [1.29, 1.82) is 0 Å². The summed E-state index contributed by atoms with van der Waals surface area (Å²) in [6, 6.07) is 114. The van der Waals surface area contributed by atoms with Crippen LogP contribution in [-0.2, 0) is 0 Å². The Hall–Kier alpha value is -9.33. The highest BCUT2D eigenvalue weighted by molar-refractivity contribution is 7.22. The zero-order valence-corrected chi connectivity index (χ0v) is 43.8. The van der Waals surface area contributed by atoms with E-state index in [1.165, 1.54) is 107 Å². The molecule has 0 unspecified atom stereocenters. The number of fused-ring (bicyclic) bond motifs is 9. The molecule has 0 aliphatic carbocycles. The highest BCUT2D eigenvalue weighted by Gasteiger charge is 2.48. The molecule has 0 atom stereocenters. The number of rotatable bonds is 9. The van der Waals surface area contributed by atoms with Crippen molar-refractivity contribution in [3.63, 3.8) is 0 Å². The lowest BCUT2D eigenvalue weighted by Gasteiger charge is -2.34. The molecule has 3 heterocycles. The normalized spacial score (nSPS) is 12.8. The van der Waals surface area contributed by atoms with Gasteiger partial charge in [0.15, 0.2) is 16.1 Å². The molecule has 1 aliphatic heterocycles. The van der Waals surface area contributed by atoms with E-state index in [2.05, 4.69) is 312 Å². The maximum Gasteiger partial charge on any atom is 0.180 e. The van der Waals surface area contributed by atoms with Crippen LogP contribution in [0.2, 0.25) is 0 Å². The molecule has 14 aromatic rings. The van der Waals surface area contributed by atoms with Crippen LogP contribution in [0.4, 0.5) is 0 Å². The van der Waals surface area contributed by atoms with Gasteiger partial charge >= 0.3 is 0 Å². The predicted octanol–water partition coefficient (Wildman–Crippen LogP) is 12.3. The third-order valence-corrected chi connectivity index (χ3v) is 26.2. The lowest BCUT2D eigenvalue weighted by atomic mass is 9.97. The molecule has 2 nitrogen and oxygen atoms in total. The second kappa shape index (κ2) is 17.7. The van der Waals surface area contributed by atoms with Crippen molar-refractivity contribution < 1.29 is 0 Å². The third-order valence-electron chi connectivity index (χ3n) is 16.5. The first-order valence-electron chi connectivity index (χ1n) is 26.4. The standard InChI is InChI=1S/C72H50N2Si2/c1-6-26-53(27-7-1)75(54-28-8-2-9-29-54,55-30-10-3-11-31-55)58-36-22-25-52(50-58)73-66-43-20-17-39-63(66)71-67(73)44-24-45-68(71)74-65-42-19-16-37-60(65)62-41-23-40-59(72(62)74)51-47-48-70-64(49-51)61-38-18-21-46-69(61)76(70,56-32-12-4-13-33-56)57-34-14-5-15-35-57/h1-50H. The van der Waals surface area contributed by atoms with Crippen molar-refractivity contribution in [3.05, 3.63) is 303 Å². The highest BCUT2D eigenvalue weighted by Crippen LogP contribution is 2.43. The van der Waals surface area contributed by atoms with Crippen molar-refractivity contribution >= 4 is 101 Å². The van der Waals surface area contributed by atoms with Crippen molar-refractivity contribution in [2.75, 3.05) is 0 Å². The Bertz CT molecular complexity index is 4370. The summed E-state index contributed by atoms with van der Waals surface area (Å²) < 4.78 is 5.09. The smallest absolute Gasteiger partial charge is 0.180 e. The summed E-state index contributed by atoms with van der Waals surface area (Å²) in [5.74, 6) is 0. The maximum atomic E-state index is 2.57. The van der Waals surface area contributed by atoms with Crippen LogP contribution in [0, 0.1) is 0 Å². The third kappa shape index (κ3) is 6.38. The maximum absolute atomic E-state index is 2.82. The van der Waals surface area contributed by atoms with E-state index in [4.69, 9.17) is 0 Å². The first-order valence-corrected chi connectivity index (χ1v) is 30.4. The van der Waals surface area contributed by atoms with Gasteiger partial charge in [0.05, 0.1) is 27.8 Å². The number of nitrogens with zero attached hydrogens (tertiary/aromatic N) is 2. The van der Waals surface area contributed by atoms with Gasteiger partial charge < -0.3 is 9.13 Å². The van der Waals surface area contributed by atoms with Crippen molar-refractivity contribution in [2.24, 2.45) is 0 Å². The van der Waals surface area contributed by atoms with Gasteiger partial charge in [-0.1, -0.05) is 261 Å². The highest BCUT2D eigenvalue weighted by atomic mass is 28.3. The van der Waals surface area contributed by atoms with Crippen LogP contribution in [-0.4, -0.2) is 25.3 Å². The SMILES string of the molecule is c1ccc([Si](c2ccccc2)(c2ccccc2)c2cccc(-n3c4ccccc4c4c(-n5c6ccccc6c6cccc(-c7ccc8c(c7)-c7ccccc7[Si]8(c7ccccc7)c7ccccc7)c65)cccc43)c2)cc1. The average Bonchev–Trinajstić information content (AvgIpc) is 4.21. The molecule has 2 aromatic heterocycles. The monoisotopic (exact) mass is 998 g/mol. The first kappa shape index (κ1) is 44.2. The molecule has 0 N–H and O–H groups in total. The molecule has 0 saturated heterocycles. The van der Waals surface area contributed by atoms with E-state index in [1.54, 1.807) is 0 Å². The van der Waals surface area contributed by atoms with Crippen LogP contribution in [0.1, 0.15) is 0 Å². The molecule has 0 radical (unpaired) electrons. The van der Waals surface area contributed by atoms with Crippen LogP contribution in [0.3, 0.4) is 0 Å². The predicted molar refractivity (Wildman–Crippen MR) is 327 cm³/mol. The van der Waals surface area contributed by atoms with Gasteiger partial charge in [-0.3, -0.25) is 0 Å². The molecular formula is C72H50N2Si2. The Kier molecular flexibility index (Phi) is 10.3. The Morgan fingerprint density at radius 3 is 1.42 bits per heavy atom. The Morgan fingerprint density at radius 1 is 0.289 bits per heavy atom. The minimum Gasteiger partial charge on any atom is -0.309 e. The average molecular weight is 999 g/mol. The zero-order valence-electron chi connectivity index (χ0n) is 41.8. The van der Waals surface area contributed by atoms with Crippen LogP contribution in [0.25, 0.3) is 77.2 Å². The molecule has 15 rings (SSSR count). The fraction of sp³-hybridized carbons (Fsp3) is 0. The van der Waals surface area contributed by atoms with Crippen LogP contribution in [0.15, 0.2) is 303 Å². The van der Waals surface area contributed by atoms with Gasteiger partial charge in [0.1, 0.15) is 0 Å². The molecule has 76 heavy (non-hydrogen) atoms. The number of hydrogen-bond acceptors (Lipinski definition) is 0. The van der Waals surface area contributed by atoms with E-state index in [-0.39, 0.29) is 0 Å². The van der Waals surface area contributed by atoms with Gasteiger partial charge in [0, 0.05) is 32.8 Å². The summed E-state index contributed by atoms with van der Waals surface area (Å²) >= 11 is 0. The summed E-state index contributed by atoms with van der Waals surface area (Å²) in [5, 5.41) is 16.1. The van der Waals surface area contributed by atoms with E-state index >= 15 is 0 Å². The number of benzene rings is 12. The summed E-state index contributed by atoms with van der Waals surface area (Å²) in [6.07, 6.45) is 0. The minimum atomic E-state index is -2.82. The molecule has 12 aromatic carbocycles. The van der Waals surface area contributed by atoms with Gasteiger partial charge in [0.2, 0.25) is 0 Å². The lowest BCUT2D eigenvalue weighted by Crippen LogP contribution is -2.74. The summed E-state index contributed by atoms with van der Waals surface area (Å²) in [6.45, 7) is 0. The second-order valence-corrected chi connectivity index (χ2v) is 27.8. The molecule has 0 bridgehead atoms. The Morgan fingerprint density at radius 2 is 0.763 bits per heavy atom. The summed E-state index contributed by atoms with van der Waals surface area (Å²) in [5.41, 5.74) is 12.1. The molecule has 0 fully saturated rings. The Balaban J connectivity index is 0.969. The van der Waals surface area contributed by atoms with E-state index in [0.717, 1.165) is 11.4 Å². The van der Waals surface area contributed by atoms with E-state index in [1.807, 2.05) is 0 Å². The van der Waals surface area contributed by atoms with Crippen LogP contribution < -0.4 is 41.5 Å². The largest absolute Gasteiger partial charge is 0.309 e. The lowest BCUT2D eigenvalue weighted by molar-refractivity contribution is 1.17. The van der Waals surface area contributed by atoms with Gasteiger partial charge in [0.25, 0.3) is 0 Å². The van der Waals surface area contributed by atoms with Crippen LogP contribution in [0.5, 0.6) is 0 Å².